The van der Waals surface area contributed by atoms with Crippen LogP contribution < -0.4 is 0 Å². The van der Waals surface area contributed by atoms with Gasteiger partial charge in [-0.15, -0.1) is 0 Å². The Hall–Kier alpha value is -2.23. The van der Waals surface area contributed by atoms with E-state index in [4.69, 9.17) is 23.7 Å². The Morgan fingerprint density at radius 1 is 0.439 bits per heavy atom. The molecule has 0 radical (unpaired) electrons. The maximum absolute atomic E-state index is 12.4. The van der Waals surface area contributed by atoms with Gasteiger partial charge >= 0.3 is 17.9 Å². The molecule has 1 unspecified atom stereocenters. The van der Waals surface area contributed by atoms with E-state index in [2.05, 4.69) is 52.0 Å². The van der Waals surface area contributed by atoms with E-state index in [1.54, 1.807) is 0 Å². The quantitative estimate of drug-likeness (QED) is 0.0211. The highest BCUT2D eigenvalue weighted by Gasteiger charge is 2.15. The summed E-state index contributed by atoms with van der Waals surface area (Å²) in [7, 11) is 0. The largest absolute Gasteiger partial charge is 0.466 e. The number of hydrogen-bond donors (Lipinski definition) is 1. The van der Waals surface area contributed by atoms with Crippen LogP contribution in [-0.4, -0.2) is 68.4 Å². The van der Waals surface area contributed by atoms with Gasteiger partial charge in [-0.05, 0) is 102 Å². The summed E-state index contributed by atoms with van der Waals surface area (Å²) in [5, 5.41) is 10.3. The molecule has 9 nitrogen and oxygen atoms in total. The molecule has 334 valence electrons. The molecule has 0 amide bonds. The molecule has 0 fully saturated rings. The van der Waals surface area contributed by atoms with Crippen LogP contribution in [0.1, 0.15) is 214 Å². The van der Waals surface area contributed by atoms with E-state index < -0.39 is 12.4 Å². The fourth-order valence-electron chi connectivity index (χ4n) is 6.58. The van der Waals surface area contributed by atoms with Crippen LogP contribution in [0.3, 0.4) is 0 Å². The highest BCUT2D eigenvalue weighted by atomic mass is 16.7. The predicted molar refractivity (Wildman–Crippen MR) is 233 cm³/mol. The Morgan fingerprint density at radius 3 is 1.39 bits per heavy atom. The maximum Gasteiger partial charge on any atom is 0.305 e. The summed E-state index contributed by atoms with van der Waals surface area (Å²) in [4.78, 5) is 36.7. The smallest absolute Gasteiger partial charge is 0.305 e. The van der Waals surface area contributed by atoms with Gasteiger partial charge in [-0.3, -0.25) is 14.4 Å². The molecular weight excluding hydrogens is 721 g/mol. The van der Waals surface area contributed by atoms with Crippen LogP contribution in [-0.2, 0) is 38.1 Å². The highest BCUT2D eigenvalue weighted by Crippen LogP contribution is 2.21. The average Bonchev–Trinajstić information content (AvgIpc) is 3.20. The van der Waals surface area contributed by atoms with Gasteiger partial charge in [0.15, 0.2) is 6.29 Å². The molecule has 0 aliphatic rings. The van der Waals surface area contributed by atoms with Crippen LogP contribution in [0.15, 0.2) is 24.3 Å². The molecule has 0 rings (SSSR count). The van der Waals surface area contributed by atoms with Crippen LogP contribution in [0.25, 0.3) is 0 Å². The van der Waals surface area contributed by atoms with Gasteiger partial charge in [0.05, 0.1) is 32.3 Å². The molecule has 0 saturated carbocycles. The molecule has 0 aliphatic heterocycles. The first kappa shape index (κ1) is 54.8. The van der Waals surface area contributed by atoms with E-state index in [-0.39, 0.29) is 37.5 Å². The van der Waals surface area contributed by atoms with Crippen molar-refractivity contribution in [3.8, 4) is 0 Å². The number of carbonyl (C=O) groups excluding carboxylic acids is 3. The molecule has 9 heteroatoms. The summed E-state index contributed by atoms with van der Waals surface area (Å²) in [6.07, 6.45) is 34.1. The number of unbranched alkanes of at least 4 members (excludes halogenated alkanes) is 11. The fraction of sp³-hybridized carbons (Fsp3) is 0.854. The lowest BCUT2D eigenvalue weighted by Gasteiger charge is -2.18. The summed E-state index contributed by atoms with van der Waals surface area (Å²) in [6, 6.07) is 0. The molecule has 0 aliphatic carbocycles. The standard InChI is InChI=1S/C48H88O9/c1-5-9-13-15-19-25-38-56-48(57-39-26-20-16-14-10-6-2)36-35-47(52)54-41-28-32-44(49)31-27-40-53-45(50)33-23-17-18-24-34-46(51)55-42-37-43(29-21-11-7-3)30-22-12-8-4/h9-10,13-14,43-44,48-49H,5-8,11-12,15-42H2,1-4H3/b13-9-,14-10-. The van der Waals surface area contributed by atoms with E-state index >= 15 is 0 Å². The summed E-state index contributed by atoms with van der Waals surface area (Å²) in [6.45, 7) is 11.0. The van der Waals surface area contributed by atoms with Crippen LogP contribution in [0, 0.1) is 5.92 Å². The van der Waals surface area contributed by atoms with Crippen molar-refractivity contribution < 1.29 is 43.2 Å². The minimum Gasteiger partial charge on any atom is -0.466 e. The van der Waals surface area contributed by atoms with Crippen molar-refractivity contribution >= 4 is 17.9 Å². The van der Waals surface area contributed by atoms with E-state index in [0.717, 1.165) is 83.5 Å². The monoisotopic (exact) mass is 809 g/mol. The summed E-state index contributed by atoms with van der Waals surface area (Å²) < 4.78 is 28.3. The Kier molecular flexibility index (Phi) is 41.7. The Bertz CT molecular complexity index is 932. The topological polar surface area (TPSA) is 118 Å². The van der Waals surface area contributed by atoms with Crippen molar-refractivity contribution in [1.29, 1.82) is 0 Å². The van der Waals surface area contributed by atoms with Gasteiger partial charge in [-0.2, -0.15) is 0 Å². The number of aliphatic hydroxyl groups is 1. The number of aliphatic hydroxyl groups excluding tert-OH is 1. The molecule has 0 spiro atoms. The molecule has 0 aromatic heterocycles. The predicted octanol–water partition coefficient (Wildman–Crippen LogP) is 12.5. The first-order valence-electron chi connectivity index (χ1n) is 23.5. The summed E-state index contributed by atoms with van der Waals surface area (Å²) in [5.74, 6) is 0.0527. The van der Waals surface area contributed by atoms with Gasteiger partial charge in [0.1, 0.15) is 0 Å². The number of esters is 3. The van der Waals surface area contributed by atoms with Crippen molar-refractivity contribution in [2.45, 2.75) is 226 Å². The second-order valence-electron chi connectivity index (χ2n) is 15.6. The molecule has 0 saturated heterocycles. The number of allylic oxidation sites excluding steroid dienone is 4. The zero-order valence-electron chi connectivity index (χ0n) is 37.3. The van der Waals surface area contributed by atoms with Crippen molar-refractivity contribution in [2.75, 3.05) is 33.0 Å². The third kappa shape index (κ3) is 40.3. The molecule has 57 heavy (non-hydrogen) atoms. The van der Waals surface area contributed by atoms with Crippen molar-refractivity contribution in [2.24, 2.45) is 5.92 Å². The Labute approximate surface area is 349 Å². The normalized spacial score (nSPS) is 12.3. The number of carbonyl (C=O) groups is 3. The zero-order valence-corrected chi connectivity index (χ0v) is 37.3. The maximum atomic E-state index is 12.4. The lowest BCUT2D eigenvalue weighted by Crippen LogP contribution is -2.21. The van der Waals surface area contributed by atoms with Crippen molar-refractivity contribution in [3.63, 3.8) is 0 Å². The molecule has 0 bridgehead atoms. The van der Waals surface area contributed by atoms with Crippen LogP contribution >= 0.6 is 0 Å². The minimum absolute atomic E-state index is 0.108. The fourth-order valence-corrected chi connectivity index (χ4v) is 6.58. The van der Waals surface area contributed by atoms with E-state index in [0.29, 0.717) is 70.7 Å². The van der Waals surface area contributed by atoms with E-state index in [1.165, 1.54) is 51.4 Å². The molecule has 0 heterocycles. The van der Waals surface area contributed by atoms with Gasteiger partial charge in [0.25, 0.3) is 0 Å². The van der Waals surface area contributed by atoms with Crippen LogP contribution in [0.5, 0.6) is 0 Å². The molecular formula is C48H88O9. The highest BCUT2D eigenvalue weighted by molar-refractivity contribution is 5.70. The Balaban J connectivity index is 3.99. The third-order valence-corrected chi connectivity index (χ3v) is 10.1. The average molecular weight is 809 g/mol. The lowest BCUT2D eigenvalue weighted by atomic mass is 9.92. The van der Waals surface area contributed by atoms with Gasteiger partial charge in [0.2, 0.25) is 0 Å². The third-order valence-electron chi connectivity index (χ3n) is 10.1. The Morgan fingerprint density at radius 2 is 0.912 bits per heavy atom. The first-order chi connectivity index (χ1) is 27.9. The number of hydrogen-bond acceptors (Lipinski definition) is 9. The van der Waals surface area contributed by atoms with Gasteiger partial charge in [0, 0.05) is 32.5 Å². The van der Waals surface area contributed by atoms with Crippen molar-refractivity contribution in [3.05, 3.63) is 24.3 Å². The molecule has 1 N–H and O–H groups in total. The second-order valence-corrected chi connectivity index (χ2v) is 15.6. The second kappa shape index (κ2) is 43.4. The summed E-state index contributed by atoms with van der Waals surface area (Å²) >= 11 is 0. The zero-order chi connectivity index (χ0) is 41.9. The molecule has 0 aromatic rings. The van der Waals surface area contributed by atoms with Crippen LogP contribution in [0.4, 0.5) is 0 Å². The summed E-state index contributed by atoms with van der Waals surface area (Å²) in [5.41, 5.74) is 0. The van der Waals surface area contributed by atoms with Crippen LogP contribution in [0.2, 0.25) is 0 Å². The minimum atomic E-state index is -0.534. The van der Waals surface area contributed by atoms with E-state index in [1.807, 2.05) is 0 Å². The van der Waals surface area contributed by atoms with Crippen molar-refractivity contribution in [1.82, 2.24) is 0 Å². The van der Waals surface area contributed by atoms with Gasteiger partial charge in [-0.25, -0.2) is 0 Å². The van der Waals surface area contributed by atoms with Gasteiger partial charge in [-0.1, -0.05) is 116 Å². The first-order valence-corrected chi connectivity index (χ1v) is 23.5. The van der Waals surface area contributed by atoms with E-state index in [9.17, 15) is 19.5 Å². The SMILES string of the molecule is CC/C=C\CCCCOC(CCC(=O)OCCCC(O)CCCOC(=O)CCCCCCC(=O)OCCC(CCCCC)CCCCC)OCCCC/C=C\CC. The lowest BCUT2D eigenvalue weighted by molar-refractivity contribution is -0.159. The molecule has 0 aromatic carbocycles. The van der Waals surface area contributed by atoms with Gasteiger partial charge < -0.3 is 28.8 Å². The number of ether oxygens (including phenoxy) is 5. The molecule has 1 atom stereocenters. The number of rotatable bonds is 43.